The van der Waals surface area contributed by atoms with E-state index in [-0.39, 0.29) is 57.1 Å². The number of nitrogens with one attached hydrogen (secondary N) is 1. The molecule has 3 amide bonds. The molecule has 0 bridgehead atoms. The summed E-state index contributed by atoms with van der Waals surface area (Å²) in [5, 5.41) is 12.2. The molecule has 2 aliphatic heterocycles. The maximum absolute atomic E-state index is 13.7. The van der Waals surface area contributed by atoms with Gasteiger partial charge in [-0.2, -0.15) is 0 Å². The fourth-order valence-electron chi connectivity index (χ4n) is 5.25. The number of ether oxygens (including phenoxy) is 2. The van der Waals surface area contributed by atoms with Crippen molar-refractivity contribution in [1.29, 1.82) is 0 Å². The van der Waals surface area contributed by atoms with E-state index in [1.54, 1.807) is 22.0 Å². The number of esters is 1. The van der Waals surface area contributed by atoms with Crippen LogP contribution in [0.25, 0.3) is 0 Å². The Bertz CT molecular complexity index is 1220. The van der Waals surface area contributed by atoms with Crippen LogP contribution in [0.5, 0.6) is 0 Å². The van der Waals surface area contributed by atoms with Crippen LogP contribution in [0.2, 0.25) is 0 Å². The maximum atomic E-state index is 13.7. The lowest BCUT2D eigenvalue weighted by Crippen LogP contribution is -2.46. The summed E-state index contributed by atoms with van der Waals surface area (Å²) in [7, 11) is 0. The Kier molecular flexibility index (Phi) is 11.5. The monoisotopic (exact) mass is 577 g/mol. The van der Waals surface area contributed by atoms with Crippen molar-refractivity contribution >= 4 is 23.9 Å². The quantitative estimate of drug-likeness (QED) is 0.346. The molecule has 10 heteroatoms. The number of alkyl carbamates (subject to hydrolysis) is 1. The molecule has 0 radical (unpaired) electrons. The van der Waals surface area contributed by atoms with Gasteiger partial charge in [-0.3, -0.25) is 9.59 Å². The highest BCUT2D eigenvalue weighted by atomic mass is 16.6. The van der Waals surface area contributed by atoms with Crippen LogP contribution in [-0.2, 0) is 37.0 Å². The molecule has 2 aliphatic rings. The highest BCUT2D eigenvalue weighted by molar-refractivity contribution is 5.86. The van der Waals surface area contributed by atoms with Gasteiger partial charge in [0.15, 0.2) is 0 Å². The molecule has 10 nitrogen and oxygen atoms in total. The highest BCUT2D eigenvalue weighted by Crippen LogP contribution is 2.25. The van der Waals surface area contributed by atoms with E-state index in [2.05, 4.69) is 5.32 Å². The molecule has 1 saturated heterocycles. The number of aliphatic hydroxyl groups excluding tert-OH is 1. The molecule has 0 spiro atoms. The van der Waals surface area contributed by atoms with E-state index < -0.39 is 24.0 Å². The largest absolute Gasteiger partial charge is 0.462 e. The van der Waals surface area contributed by atoms with Gasteiger partial charge in [-0.25, -0.2) is 9.59 Å². The lowest BCUT2D eigenvalue weighted by molar-refractivity contribution is -0.150. The van der Waals surface area contributed by atoms with E-state index in [4.69, 9.17) is 9.47 Å². The lowest BCUT2D eigenvalue weighted by Gasteiger charge is -2.30. The third-order valence-electron chi connectivity index (χ3n) is 7.54. The van der Waals surface area contributed by atoms with Crippen LogP contribution >= 0.6 is 0 Å². The normalized spacial score (nSPS) is 21.0. The van der Waals surface area contributed by atoms with Gasteiger partial charge in [-0.05, 0) is 36.8 Å². The fraction of sp³-hybridized carbons (Fsp3) is 0.438. The third kappa shape index (κ3) is 8.91. The zero-order valence-corrected chi connectivity index (χ0v) is 23.7. The number of fused-ring (bicyclic) bond motifs is 1. The van der Waals surface area contributed by atoms with Crippen LogP contribution in [0.1, 0.15) is 43.2 Å². The number of aliphatic hydroxyl groups is 1. The van der Waals surface area contributed by atoms with Crippen molar-refractivity contribution in [3.63, 3.8) is 0 Å². The molecule has 2 aromatic rings. The number of carbonyl (C=O) groups excluding carboxylic acids is 4. The van der Waals surface area contributed by atoms with Gasteiger partial charge in [0.1, 0.15) is 19.3 Å². The summed E-state index contributed by atoms with van der Waals surface area (Å²) in [6.45, 7) is 0.924. The number of amides is 3. The number of hydrogen-bond acceptors (Lipinski definition) is 7. The first-order chi connectivity index (χ1) is 20.4. The summed E-state index contributed by atoms with van der Waals surface area (Å²) in [5.41, 5.74) is 1.76. The first-order valence-corrected chi connectivity index (χ1v) is 14.5. The van der Waals surface area contributed by atoms with Crippen LogP contribution in [0.3, 0.4) is 0 Å². The third-order valence-corrected chi connectivity index (χ3v) is 7.54. The zero-order valence-electron chi connectivity index (χ0n) is 23.7. The van der Waals surface area contributed by atoms with E-state index in [0.717, 1.165) is 17.5 Å². The molecule has 2 heterocycles. The van der Waals surface area contributed by atoms with E-state index >= 15 is 0 Å². The average molecular weight is 578 g/mol. The van der Waals surface area contributed by atoms with Gasteiger partial charge in [0.05, 0.1) is 18.6 Å². The first-order valence-electron chi connectivity index (χ1n) is 14.5. The average Bonchev–Trinajstić information content (AvgIpc) is 3.48. The molecule has 0 aromatic heterocycles. The summed E-state index contributed by atoms with van der Waals surface area (Å²) in [4.78, 5) is 55.7. The zero-order chi connectivity index (χ0) is 29.7. The topological polar surface area (TPSA) is 125 Å². The molecule has 3 atom stereocenters. The Labute approximate surface area is 246 Å². The van der Waals surface area contributed by atoms with Crippen molar-refractivity contribution in [2.24, 2.45) is 5.92 Å². The van der Waals surface area contributed by atoms with Crippen LogP contribution in [-0.4, -0.2) is 77.2 Å². The number of allylic oxidation sites excluding steroid dienone is 1. The van der Waals surface area contributed by atoms with Crippen LogP contribution in [0, 0.1) is 5.92 Å². The summed E-state index contributed by atoms with van der Waals surface area (Å²) >= 11 is 0. The van der Waals surface area contributed by atoms with Crippen molar-refractivity contribution in [3.05, 3.63) is 83.9 Å². The number of cyclic esters (lactones) is 1. The molecule has 0 unspecified atom stereocenters. The van der Waals surface area contributed by atoms with Crippen molar-refractivity contribution < 1.29 is 33.8 Å². The molecule has 0 saturated carbocycles. The molecule has 224 valence electrons. The molecular formula is C32H39N3O7. The summed E-state index contributed by atoms with van der Waals surface area (Å²) in [6, 6.07) is 17.5. The van der Waals surface area contributed by atoms with Gasteiger partial charge in [0.25, 0.3) is 0 Å². The summed E-state index contributed by atoms with van der Waals surface area (Å²) < 4.78 is 10.9. The maximum Gasteiger partial charge on any atom is 0.408 e. The molecule has 2 aromatic carbocycles. The number of nitrogens with zero attached hydrogens (tertiary/aromatic N) is 2. The molecule has 1 fully saturated rings. The number of carbonyl (C=O) groups is 4. The second-order valence-electron chi connectivity index (χ2n) is 10.6. The second-order valence-corrected chi connectivity index (χ2v) is 10.6. The predicted octanol–water partition coefficient (Wildman–Crippen LogP) is 3.19. The first kappa shape index (κ1) is 30.8. The molecule has 2 N–H and O–H groups in total. The van der Waals surface area contributed by atoms with Gasteiger partial charge < -0.3 is 29.7 Å². The predicted molar refractivity (Wildman–Crippen MR) is 155 cm³/mol. The Morgan fingerprint density at radius 1 is 1.00 bits per heavy atom. The Balaban J connectivity index is 1.43. The fourth-order valence-corrected chi connectivity index (χ4v) is 5.25. The van der Waals surface area contributed by atoms with E-state index in [9.17, 15) is 24.3 Å². The van der Waals surface area contributed by atoms with E-state index in [0.29, 0.717) is 25.9 Å². The lowest BCUT2D eigenvalue weighted by atomic mass is 9.97. The van der Waals surface area contributed by atoms with Crippen LogP contribution in [0.4, 0.5) is 4.79 Å². The van der Waals surface area contributed by atoms with Crippen LogP contribution < -0.4 is 5.32 Å². The molecule has 42 heavy (non-hydrogen) atoms. The van der Waals surface area contributed by atoms with E-state index in [1.807, 2.05) is 60.7 Å². The summed E-state index contributed by atoms with van der Waals surface area (Å²) in [6.07, 6.45) is 4.64. The van der Waals surface area contributed by atoms with E-state index in [1.165, 1.54) is 0 Å². The minimum atomic E-state index is -0.958. The minimum absolute atomic E-state index is 0.00744. The van der Waals surface area contributed by atoms with Gasteiger partial charge in [0, 0.05) is 26.1 Å². The molecule has 4 rings (SSSR count). The smallest absolute Gasteiger partial charge is 0.408 e. The molecule has 0 aliphatic carbocycles. The Hall–Kier alpha value is -4.18. The van der Waals surface area contributed by atoms with Gasteiger partial charge in [0.2, 0.25) is 11.8 Å². The summed E-state index contributed by atoms with van der Waals surface area (Å²) in [5.74, 6) is -1.56. The second kappa shape index (κ2) is 15.7. The Morgan fingerprint density at radius 2 is 1.69 bits per heavy atom. The Morgan fingerprint density at radius 3 is 2.40 bits per heavy atom. The van der Waals surface area contributed by atoms with Gasteiger partial charge in [-0.1, -0.05) is 72.8 Å². The standard InChI is InChI=1S/C32H39N3O7/c36-19-18-34(21-24-10-3-1-4-11-24)29(37)20-26-14-7-8-16-28(33-32(40)42-22-25-12-5-2-6-13-25)31(39)41-23-27-15-9-17-35(27)30(26)38/h1-8,10-13,26-28,36H,9,14-23H2,(H,33,40)/t26-,27+,28-/m1/s1. The number of rotatable bonds is 9. The number of benzene rings is 2. The van der Waals surface area contributed by atoms with Crippen molar-refractivity contribution in [1.82, 2.24) is 15.1 Å². The highest BCUT2D eigenvalue weighted by Gasteiger charge is 2.36. The van der Waals surface area contributed by atoms with Crippen molar-refractivity contribution in [3.8, 4) is 0 Å². The van der Waals surface area contributed by atoms with Crippen LogP contribution in [0.15, 0.2) is 72.8 Å². The number of hydrogen-bond donors (Lipinski definition) is 2. The molecular weight excluding hydrogens is 538 g/mol. The van der Waals surface area contributed by atoms with Gasteiger partial charge in [-0.15, -0.1) is 0 Å². The van der Waals surface area contributed by atoms with Crippen molar-refractivity contribution in [2.75, 3.05) is 26.3 Å². The minimum Gasteiger partial charge on any atom is -0.462 e. The van der Waals surface area contributed by atoms with Gasteiger partial charge >= 0.3 is 12.1 Å². The SMILES string of the molecule is O=C(N[C@@H]1CC=CC[C@H](CC(=O)N(CCO)Cc2ccccc2)C(=O)N2CCC[C@H]2COC1=O)OCc1ccccc1. The van der Waals surface area contributed by atoms with Crippen molar-refractivity contribution in [2.45, 2.75) is 57.3 Å².